The van der Waals surface area contributed by atoms with E-state index in [1.165, 1.54) is 81.2 Å². The summed E-state index contributed by atoms with van der Waals surface area (Å²) in [6, 6.07) is 43.1. The molecule has 0 amide bonds. The topological polar surface area (TPSA) is 3.24 Å². The smallest absolute Gasteiger partial charge is 0.0450 e. The van der Waals surface area contributed by atoms with Gasteiger partial charge in [0.05, 0.1) is 0 Å². The van der Waals surface area contributed by atoms with Gasteiger partial charge >= 0.3 is 0 Å². The Morgan fingerprint density at radius 2 is 1.50 bits per heavy atom. The number of nitrogens with zero attached hydrogens (tertiary/aromatic N) is 1. The molecule has 1 heteroatoms. The van der Waals surface area contributed by atoms with E-state index in [1.807, 2.05) is 0 Å². The molecule has 0 bridgehead atoms. The first-order chi connectivity index (χ1) is 18.8. The average molecular weight is 492 g/mol. The van der Waals surface area contributed by atoms with Crippen LogP contribution in [0, 0.1) is 6.92 Å². The van der Waals surface area contributed by atoms with Gasteiger partial charge < -0.3 is 4.90 Å². The highest BCUT2D eigenvalue weighted by atomic mass is 15.2. The molecule has 0 saturated heterocycles. The molecule has 1 heterocycles. The molecule has 0 spiro atoms. The van der Waals surface area contributed by atoms with Crippen molar-refractivity contribution < 1.29 is 0 Å². The highest BCUT2D eigenvalue weighted by molar-refractivity contribution is 6.02. The molecule has 38 heavy (non-hydrogen) atoms. The number of aryl methyl sites for hydroxylation is 1. The third-order valence-corrected chi connectivity index (χ3v) is 8.56. The first-order valence-corrected chi connectivity index (χ1v) is 14.0. The van der Waals surface area contributed by atoms with E-state index < -0.39 is 0 Å². The summed E-state index contributed by atoms with van der Waals surface area (Å²) in [5.41, 5.74) is 10.7. The molecule has 0 radical (unpaired) electrons. The molecule has 0 aromatic heterocycles. The summed E-state index contributed by atoms with van der Waals surface area (Å²) in [6.45, 7) is 2.17. The predicted octanol–water partition coefficient (Wildman–Crippen LogP) is 9.92. The summed E-state index contributed by atoms with van der Waals surface area (Å²) in [5.74, 6) is 0.603. The van der Waals surface area contributed by atoms with Crippen molar-refractivity contribution in [1.82, 2.24) is 0 Å². The highest BCUT2D eigenvalue weighted by Crippen LogP contribution is 2.51. The van der Waals surface area contributed by atoms with Gasteiger partial charge in [0, 0.05) is 23.3 Å². The molecule has 2 aliphatic rings. The summed E-state index contributed by atoms with van der Waals surface area (Å²) in [4.78, 5) is 2.63. The van der Waals surface area contributed by atoms with Gasteiger partial charge in [0.1, 0.15) is 0 Å². The summed E-state index contributed by atoms with van der Waals surface area (Å²) in [5, 5.41) is 2.57. The van der Waals surface area contributed by atoms with Crippen LogP contribution in [0.3, 0.4) is 0 Å². The van der Waals surface area contributed by atoms with E-state index in [1.54, 1.807) is 0 Å². The van der Waals surface area contributed by atoms with Gasteiger partial charge in [-0.2, -0.15) is 0 Å². The van der Waals surface area contributed by atoms with E-state index in [9.17, 15) is 0 Å². The number of benzene rings is 5. The van der Waals surface area contributed by atoms with Gasteiger partial charge in [0.2, 0.25) is 0 Å². The van der Waals surface area contributed by atoms with Gasteiger partial charge in [-0.1, -0.05) is 109 Å². The van der Waals surface area contributed by atoms with Crippen molar-refractivity contribution in [1.29, 1.82) is 0 Å². The number of hydrogen-bond donors (Lipinski definition) is 0. The minimum atomic E-state index is 0.562. The molecule has 1 nitrogen and oxygen atoms in total. The highest BCUT2D eigenvalue weighted by Gasteiger charge is 2.40. The second-order valence-electron chi connectivity index (χ2n) is 10.9. The third-order valence-electron chi connectivity index (χ3n) is 8.56. The standard InChI is InChI=1S/C37H33N/c1-26-18-21-30(22-19-26)38-36-17-8-7-15-33(36)35-25-27(20-23-37(35)38)24-34(29-10-3-2-4-11-29)32-16-9-13-28-12-5-6-14-31(28)32/h2-6,9-14,16,18-25,33,36H,7-8,15,17H2,1H3. The van der Waals surface area contributed by atoms with Crippen molar-refractivity contribution in [2.45, 2.75) is 44.6 Å². The van der Waals surface area contributed by atoms with Gasteiger partial charge in [-0.05, 0) is 88.7 Å². The van der Waals surface area contributed by atoms with Gasteiger partial charge in [-0.25, -0.2) is 0 Å². The molecule has 2 unspecified atom stereocenters. The summed E-state index contributed by atoms with van der Waals surface area (Å²) in [7, 11) is 0. The van der Waals surface area contributed by atoms with Crippen LogP contribution in [0.4, 0.5) is 11.4 Å². The van der Waals surface area contributed by atoms with Crippen LogP contribution in [-0.4, -0.2) is 6.04 Å². The minimum absolute atomic E-state index is 0.562. The van der Waals surface area contributed by atoms with E-state index in [2.05, 4.69) is 133 Å². The molecule has 2 atom stereocenters. The summed E-state index contributed by atoms with van der Waals surface area (Å²) >= 11 is 0. The molecular weight excluding hydrogens is 458 g/mol. The van der Waals surface area contributed by atoms with Crippen LogP contribution in [-0.2, 0) is 0 Å². The summed E-state index contributed by atoms with van der Waals surface area (Å²) < 4.78 is 0. The minimum Gasteiger partial charge on any atom is -0.338 e. The Morgan fingerprint density at radius 3 is 2.37 bits per heavy atom. The van der Waals surface area contributed by atoms with E-state index in [-0.39, 0.29) is 0 Å². The molecule has 7 rings (SSSR count). The fraction of sp³-hybridized carbons (Fsp3) is 0.189. The van der Waals surface area contributed by atoms with Crippen LogP contribution >= 0.6 is 0 Å². The Bertz CT molecular complexity index is 1620. The maximum atomic E-state index is 2.63. The van der Waals surface area contributed by atoms with E-state index in [0.717, 1.165) is 0 Å². The molecule has 5 aromatic rings. The monoisotopic (exact) mass is 491 g/mol. The largest absolute Gasteiger partial charge is 0.338 e. The second kappa shape index (κ2) is 9.65. The number of fused-ring (bicyclic) bond motifs is 4. The van der Waals surface area contributed by atoms with Crippen molar-refractivity contribution in [2.24, 2.45) is 0 Å². The van der Waals surface area contributed by atoms with Crippen LogP contribution in [0.2, 0.25) is 0 Å². The molecule has 1 fully saturated rings. The number of rotatable bonds is 4. The van der Waals surface area contributed by atoms with E-state index in [4.69, 9.17) is 0 Å². The van der Waals surface area contributed by atoms with Crippen LogP contribution in [0.25, 0.3) is 22.4 Å². The van der Waals surface area contributed by atoms with Crippen molar-refractivity contribution in [2.75, 3.05) is 4.90 Å². The molecule has 1 saturated carbocycles. The van der Waals surface area contributed by atoms with Crippen molar-refractivity contribution in [3.63, 3.8) is 0 Å². The van der Waals surface area contributed by atoms with Crippen molar-refractivity contribution in [3.8, 4) is 0 Å². The van der Waals surface area contributed by atoms with Gasteiger partial charge in [0.15, 0.2) is 0 Å². The Labute approximate surface area is 226 Å². The van der Waals surface area contributed by atoms with Crippen LogP contribution < -0.4 is 4.90 Å². The Morgan fingerprint density at radius 1 is 0.737 bits per heavy atom. The SMILES string of the molecule is Cc1ccc(N2c3ccc(C=C(c4ccccc4)c4cccc5ccccc45)cc3C3CCCCC32)cc1. The van der Waals surface area contributed by atoms with Gasteiger partial charge in [-0.3, -0.25) is 0 Å². The summed E-state index contributed by atoms with van der Waals surface area (Å²) in [6.07, 6.45) is 7.60. The van der Waals surface area contributed by atoms with Gasteiger partial charge in [0.25, 0.3) is 0 Å². The van der Waals surface area contributed by atoms with Crippen molar-refractivity contribution >= 4 is 33.8 Å². The van der Waals surface area contributed by atoms with Crippen LogP contribution in [0.5, 0.6) is 0 Å². The lowest BCUT2D eigenvalue weighted by molar-refractivity contribution is 0.402. The van der Waals surface area contributed by atoms with Gasteiger partial charge in [-0.15, -0.1) is 0 Å². The first kappa shape index (κ1) is 23.0. The maximum absolute atomic E-state index is 2.63. The number of hydrogen-bond acceptors (Lipinski definition) is 1. The molecule has 1 aliphatic heterocycles. The lowest BCUT2D eigenvalue weighted by Gasteiger charge is -2.33. The van der Waals surface area contributed by atoms with Crippen LogP contribution in [0.1, 0.15) is 59.4 Å². The molecule has 5 aromatic carbocycles. The quantitative estimate of drug-likeness (QED) is 0.226. The van der Waals surface area contributed by atoms with E-state index >= 15 is 0 Å². The second-order valence-corrected chi connectivity index (χ2v) is 10.9. The predicted molar refractivity (Wildman–Crippen MR) is 162 cm³/mol. The van der Waals surface area contributed by atoms with E-state index in [0.29, 0.717) is 12.0 Å². The molecular formula is C37H33N. The van der Waals surface area contributed by atoms with Crippen LogP contribution in [0.15, 0.2) is 115 Å². The Balaban J connectivity index is 1.37. The zero-order valence-electron chi connectivity index (χ0n) is 22.0. The lowest BCUT2D eigenvalue weighted by atomic mass is 9.82. The molecule has 1 aliphatic carbocycles. The maximum Gasteiger partial charge on any atom is 0.0450 e. The van der Waals surface area contributed by atoms with Crippen molar-refractivity contribution in [3.05, 3.63) is 143 Å². The fourth-order valence-corrected chi connectivity index (χ4v) is 6.74. The molecule has 0 N–H and O–H groups in total. The Hall–Kier alpha value is -4.10. The zero-order valence-corrected chi connectivity index (χ0v) is 22.0. The average Bonchev–Trinajstić information content (AvgIpc) is 3.30. The normalized spacial score (nSPS) is 18.9. The zero-order chi connectivity index (χ0) is 25.5. The molecule has 186 valence electrons. The number of anilines is 2. The fourth-order valence-electron chi connectivity index (χ4n) is 6.74. The Kier molecular flexibility index (Phi) is 5.85. The lowest BCUT2D eigenvalue weighted by Crippen LogP contribution is -2.32. The first-order valence-electron chi connectivity index (χ1n) is 14.0. The third kappa shape index (κ3) is 4.03.